The van der Waals surface area contributed by atoms with Crippen LogP contribution in [0.1, 0.15) is 102 Å². The van der Waals surface area contributed by atoms with E-state index in [-0.39, 0.29) is 0 Å². The van der Waals surface area contributed by atoms with Gasteiger partial charge in [-0.25, -0.2) is 0 Å². The van der Waals surface area contributed by atoms with Crippen molar-refractivity contribution in [2.45, 2.75) is 96.8 Å². The number of carboxylic acid groups (broad SMARTS) is 1. The highest BCUT2D eigenvalue weighted by Crippen LogP contribution is 2.09. The number of allylic oxidation sites excluding steroid dienone is 4. The first-order valence-corrected chi connectivity index (χ1v) is 12.4. The normalized spacial score (nSPS) is 9.78. The number of hydrogen-bond acceptors (Lipinski definition) is 1. The molecule has 1 aromatic carbocycles. The van der Waals surface area contributed by atoms with E-state index in [9.17, 15) is 4.79 Å². The van der Waals surface area contributed by atoms with Crippen molar-refractivity contribution in [1.29, 1.82) is 0 Å². The van der Waals surface area contributed by atoms with E-state index >= 15 is 0 Å². The fraction of sp³-hybridized carbons (Fsp3) is 0.500. The van der Waals surface area contributed by atoms with Gasteiger partial charge >= 0.3 is 5.97 Å². The molecule has 0 aliphatic rings. The molecule has 32 heavy (non-hydrogen) atoms. The lowest BCUT2D eigenvalue weighted by Crippen LogP contribution is -1.93. The first-order valence-electron chi connectivity index (χ1n) is 12.4. The van der Waals surface area contributed by atoms with Crippen LogP contribution in [-0.4, -0.2) is 11.1 Å². The maximum Gasteiger partial charge on any atom is 0.303 e. The molecule has 1 aromatic rings. The summed E-state index contributed by atoms with van der Waals surface area (Å²) in [7, 11) is 0. The summed E-state index contributed by atoms with van der Waals surface area (Å²) in [5, 5.41) is 8.51. The number of aliphatic carboxylic acids is 1. The average molecular weight is 441 g/mol. The van der Waals surface area contributed by atoms with Crippen LogP contribution in [-0.2, 0) is 4.79 Å². The Morgan fingerprint density at radius 3 is 1.62 bits per heavy atom. The van der Waals surface area contributed by atoms with Gasteiger partial charge in [-0.1, -0.05) is 139 Å². The van der Waals surface area contributed by atoms with Crippen LogP contribution in [0, 0.1) is 0 Å². The zero-order chi connectivity index (χ0) is 24.1. The Hall–Kier alpha value is -2.35. The highest BCUT2D eigenvalue weighted by atomic mass is 16.4. The van der Waals surface area contributed by atoms with Gasteiger partial charge in [-0.05, 0) is 37.7 Å². The average Bonchev–Trinajstić information content (AvgIpc) is 2.82. The van der Waals surface area contributed by atoms with Crippen LogP contribution in [0.3, 0.4) is 0 Å². The van der Waals surface area contributed by atoms with Crippen LogP contribution in [0.15, 0.2) is 74.4 Å². The molecule has 0 heterocycles. The van der Waals surface area contributed by atoms with Crippen LogP contribution < -0.4 is 0 Å². The molecular weight excluding hydrogens is 392 g/mol. The fourth-order valence-electron chi connectivity index (χ4n) is 2.94. The van der Waals surface area contributed by atoms with Crippen LogP contribution in [0.5, 0.6) is 0 Å². The zero-order valence-electron chi connectivity index (χ0n) is 20.6. The van der Waals surface area contributed by atoms with E-state index in [0.717, 1.165) is 12.8 Å². The molecule has 0 aliphatic carbocycles. The molecule has 0 spiro atoms. The summed E-state index contributed by atoms with van der Waals surface area (Å²) in [6, 6.07) is 10.0. The lowest BCUT2D eigenvalue weighted by atomic mass is 10.1. The molecule has 180 valence electrons. The number of rotatable bonds is 17. The minimum absolute atomic E-state index is 0.332. The third-order valence-electron chi connectivity index (χ3n) is 4.85. The van der Waals surface area contributed by atoms with Crippen LogP contribution >= 0.6 is 0 Å². The van der Waals surface area contributed by atoms with Crippen molar-refractivity contribution in [3.63, 3.8) is 0 Å². The van der Waals surface area contributed by atoms with E-state index in [1.807, 2.05) is 36.4 Å². The number of benzene rings is 1. The summed E-state index contributed by atoms with van der Waals surface area (Å²) in [6.07, 6.45) is 26.4. The Morgan fingerprint density at radius 1 is 0.750 bits per heavy atom. The largest absolute Gasteiger partial charge is 0.481 e. The fourth-order valence-corrected chi connectivity index (χ4v) is 2.94. The van der Waals surface area contributed by atoms with Gasteiger partial charge in [0.25, 0.3) is 0 Å². The summed E-state index contributed by atoms with van der Waals surface area (Å²) in [6.45, 7) is 12.6. The SMILES string of the molecule is C=CC=C.C=Cc1ccccc1.CCCCCCCCC=CCCCCCCCC(=O)O. The molecule has 0 amide bonds. The molecule has 1 N–H and O–H groups in total. The summed E-state index contributed by atoms with van der Waals surface area (Å²) in [5.74, 6) is -0.664. The van der Waals surface area contributed by atoms with Gasteiger partial charge in [-0.2, -0.15) is 0 Å². The molecular formula is C30H48O2. The number of carbonyl (C=O) groups is 1. The van der Waals surface area contributed by atoms with Crippen molar-refractivity contribution in [2.75, 3.05) is 0 Å². The molecule has 0 saturated carbocycles. The molecule has 1 rings (SSSR count). The summed E-state index contributed by atoms with van der Waals surface area (Å²) in [5.41, 5.74) is 1.17. The Morgan fingerprint density at radius 2 is 1.22 bits per heavy atom. The molecule has 0 bridgehead atoms. The molecule has 0 aromatic heterocycles. The standard InChI is InChI=1S/C18H34O2.C8H8.C4H6/c1-2-3-4-5-6-7-8-9-10-11-12-13-14-15-16-17-18(19)20;1-2-8-6-4-3-5-7-8;1-3-4-2/h9-10H,2-8,11-17H2,1H3,(H,19,20);2-7H,1H2;3-4H,1-2H2. The second-order valence-corrected chi connectivity index (χ2v) is 7.81. The highest BCUT2D eigenvalue weighted by molar-refractivity contribution is 5.66. The quantitative estimate of drug-likeness (QED) is 0.149. The molecule has 2 heteroatoms. The van der Waals surface area contributed by atoms with Crippen molar-refractivity contribution < 1.29 is 9.90 Å². The van der Waals surface area contributed by atoms with Gasteiger partial charge in [-0.15, -0.1) is 0 Å². The van der Waals surface area contributed by atoms with Crippen LogP contribution in [0.25, 0.3) is 6.08 Å². The minimum atomic E-state index is -0.664. The highest BCUT2D eigenvalue weighted by Gasteiger charge is 1.95. The van der Waals surface area contributed by atoms with Crippen LogP contribution in [0.2, 0.25) is 0 Å². The molecule has 0 radical (unpaired) electrons. The van der Waals surface area contributed by atoms with Gasteiger partial charge in [0.1, 0.15) is 0 Å². The molecule has 0 atom stereocenters. The Labute approximate surface area is 198 Å². The third-order valence-corrected chi connectivity index (χ3v) is 4.85. The van der Waals surface area contributed by atoms with E-state index in [4.69, 9.17) is 5.11 Å². The number of hydrogen-bond donors (Lipinski definition) is 1. The summed E-state index contributed by atoms with van der Waals surface area (Å²) < 4.78 is 0. The van der Waals surface area contributed by atoms with E-state index in [1.165, 1.54) is 76.2 Å². The second-order valence-electron chi connectivity index (χ2n) is 7.81. The topological polar surface area (TPSA) is 37.3 Å². The van der Waals surface area contributed by atoms with Crippen molar-refractivity contribution in [3.8, 4) is 0 Å². The molecule has 0 saturated heterocycles. The first-order chi connectivity index (χ1) is 15.6. The molecule has 0 fully saturated rings. The number of carboxylic acids is 1. The zero-order valence-corrected chi connectivity index (χ0v) is 20.6. The van der Waals surface area contributed by atoms with E-state index in [1.54, 1.807) is 12.2 Å². The van der Waals surface area contributed by atoms with Gasteiger partial charge < -0.3 is 5.11 Å². The third kappa shape index (κ3) is 29.8. The molecule has 0 aliphatic heterocycles. The van der Waals surface area contributed by atoms with Gasteiger partial charge in [0, 0.05) is 6.42 Å². The first kappa shape index (κ1) is 31.8. The minimum Gasteiger partial charge on any atom is -0.481 e. The predicted molar refractivity (Wildman–Crippen MR) is 144 cm³/mol. The predicted octanol–water partition coefficient (Wildman–Crippen LogP) is 9.80. The van der Waals surface area contributed by atoms with Crippen LogP contribution in [0.4, 0.5) is 0 Å². The Balaban J connectivity index is 0. The van der Waals surface area contributed by atoms with Gasteiger partial charge in [-0.3, -0.25) is 4.79 Å². The summed E-state index contributed by atoms with van der Waals surface area (Å²) >= 11 is 0. The Bertz CT molecular complexity index is 566. The Kier molecular flexibility index (Phi) is 28.5. The lowest BCUT2D eigenvalue weighted by molar-refractivity contribution is -0.137. The molecule has 0 unspecified atom stereocenters. The van der Waals surface area contributed by atoms with E-state index < -0.39 is 5.97 Å². The lowest BCUT2D eigenvalue weighted by Gasteiger charge is -1.99. The van der Waals surface area contributed by atoms with Gasteiger partial charge in [0.2, 0.25) is 0 Å². The van der Waals surface area contributed by atoms with Crippen molar-refractivity contribution >= 4 is 12.0 Å². The maximum atomic E-state index is 10.3. The van der Waals surface area contributed by atoms with E-state index in [0.29, 0.717) is 6.42 Å². The van der Waals surface area contributed by atoms with E-state index in [2.05, 4.69) is 38.8 Å². The molecule has 2 nitrogen and oxygen atoms in total. The second kappa shape index (κ2) is 28.6. The van der Waals surface area contributed by atoms with Gasteiger partial charge in [0.15, 0.2) is 0 Å². The number of unbranched alkanes of at least 4 members (excludes halogenated alkanes) is 11. The van der Waals surface area contributed by atoms with Gasteiger partial charge in [0.05, 0.1) is 0 Å². The maximum absolute atomic E-state index is 10.3. The van der Waals surface area contributed by atoms with Crippen molar-refractivity contribution in [1.82, 2.24) is 0 Å². The summed E-state index contributed by atoms with van der Waals surface area (Å²) in [4.78, 5) is 10.3. The monoisotopic (exact) mass is 440 g/mol. The smallest absolute Gasteiger partial charge is 0.303 e. The van der Waals surface area contributed by atoms with Crippen molar-refractivity contribution in [2.24, 2.45) is 0 Å². The van der Waals surface area contributed by atoms with Crippen molar-refractivity contribution in [3.05, 3.63) is 79.9 Å².